The molecule has 86 valence electrons. The predicted octanol–water partition coefficient (Wildman–Crippen LogP) is 1.67. The number of fused-ring (bicyclic) bond motifs is 1. The molecule has 2 rings (SSSR count). The van der Waals surface area contributed by atoms with Crippen LogP contribution in [0.25, 0.3) is 10.9 Å². The number of hydrogen-bond donors (Lipinski definition) is 1. The minimum Gasteiger partial charge on any atom is -0.351 e. The second-order valence-corrected chi connectivity index (χ2v) is 3.91. The van der Waals surface area contributed by atoms with E-state index in [0.717, 1.165) is 5.56 Å². The molecule has 0 saturated heterocycles. The molecule has 0 aliphatic carbocycles. The summed E-state index contributed by atoms with van der Waals surface area (Å²) in [6.45, 7) is 1.87. The molecular weight excluding hydrogens is 212 g/mol. The molecule has 0 saturated carbocycles. The lowest BCUT2D eigenvalue weighted by molar-refractivity contribution is -0.118. The molecule has 1 aromatic heterocycles. The molecule has 3 heteroatoms. The van der Waals surface area contributed by atoms with Crippen LogP contribution in [0, 0.1) is 11.8 Å². The highest BCUT2D eigenvalue weighted by atomic mass is 16.1. The van der Waals surface area contributed by atoms with Gasteiger partial charge in [0.05, 0.1) is 6.54 Å². The normalized spacial score (nSPS) is 9.76. The Morgan fingerprint density at radius 1 is 1.41 bits per heavy atom. The predicted molar refractivity (Wildman–Crippen MR) is 68.5 cm³/mol. The van der Waals surface area contributed by atoms with Gasteiger partial charge in [0.2, 0.25) is 5.91 Å². The fraction of sp³-hybridized carbons (Fsp3) is 0.214. The van der Waals surface area contributed by atoms with E-state index in [2.05, 4.69) is 39.9 Å². The van der Waals surface area contributed by atoms with Crippen molar-refractivity contribution in [3.63, 3.8) is 0 Å². The molecule has 1 heterocycles. The van der Waals surface area contributed by atoms with Crippen LogP contribution < -0.4 is 5.32 Å². The van der Waals surface area contributed by atoms with E-state index < -0.39 is 0 Å². The van der Waals surface area contributed by atoms with Gasteiger partial charge in [0.25, 0.3) is 0 Å². The van der Waals surface area contributed by atoms with E-state index in [-0.39, 0.29) is 5.91 Å². The quantitative estimate of drug-likeness (QED) is 0.737. The van der Waals surface area contributed by atoms with Crippen LogP contribution in [0.4, 0.5) is 0 Å². The highest BCUT2D eigenvalue weighted by Crippen LogP contribution is 2.15. The summed E-state index contributed by atoms with van der Waals surface area (Å²) in [5.74, 6) is 5.89. The molecule has 3 nitrogen and oxygen atoms in total. The van der Waals surface area contributed by atoms with Gasteiger partial charge in [0.1, 0.15) is 0 Å². The van der Waals surface area contributed by atoms with Gasteiger partial charge < -0.3 is 9.88 Å². The zero-order valence-corrected chi connectivity index (χ0v) is 9.95. The summed E-state index contributed by atoms with van der Waals surface area (Å²) >= 11 is 0. The van der Waals surface area contributed by atoms with Crippen LogP contribution >= 0.6 is 0 Å². The Morgan fingerprint density at radius 3 is 3.00 bits per heavy atom. The monoisotopic (exact) mass is 226 g/mol. The van der Waals surface area contributed by atoms with Crippen molar-refractivity contribution in [1.82, 2.24) is 9.88 Å². The van der Waals surface area contributed by atoms with Crippen molar-refractivity contribution in [1.29, 1.82) is 0 Å². The van der Waals surface area contributed by atoms with E-state index >= 15 is 0 Å². The van der Waals surface area contributed by atoms with Crippen LogP contribution in [-0.4, -0.2) is 17.0 Å². The summed E-state index contributed by atoms with van der Waals surface area (Å²) in [7, 11) is 2.02. The van der Waals surface area contributed by atoms with E-state index in [1.54, 1.807) is 0 Å². The minimum absolute atomic E-state index is 0.0576. The van der Waals surface area contributed by atoms with Gasteiger partial charge in [-0.15, -0.1) is 0 Å². The van der Waals surface area contributed by atoms with Gasteiger partial charge in [-0.3, -0.25) is 4.79 Å². The Balaban J connectivity index is 2.16. The molecule has 0 fully saturated rings. The summed E-state index contributed by atoms with van der Waals surface area (Å²) in [4.78, 5) is 10.7. The fourth-order valence-corrected chi connectivity index (χ4v) is 1.67. The van der Waals surface area contributed by atoms with Crippen LogP contribution in [0.15, 0.2) is 30.5 Å². The maximum absolute atomic E-state index is 10.7. The molecule has 0 bridgehead atoms. The van der Waals surface area contributed by atoms with Crippen molar-refractivity contribution < 1.29 is 4.79 Å². The first kappa shape index (κ1) is 11.3. The molecule has 0 aliphatic rings. The van der Waals surface area contributed by atoms with Gasteiger partial charge in [-0.05, 0) is 24.3 Å². The number of rotatable bonds is 1. The Labute approximate surface area is 100 Å². The van der Waals surface area contributed by atoms with E-state index in [0.29, 0.717) is 6.54 Å². The maximum atomic E-state index is 10.7. The molecule has 0 atom stereocenters. The number of aryl methyl sites for hydroxylation is 1. The number of carbonyl (C=O) groups is 1. The molecular formula is C14H14N2O. The lowest BCUT2D eigenvalue weighted by Crippen LogP contribution is -2.19. The molecule has 0 unspecified atom stereocenters. The number of benzene rings is 1. The van der Waals surface area contributed by atoms with Crippen molar-refractivity contribution in [2.24, 2.45) is 7.05 Å². The Morgan fingerprint density at radius 2 is 2.24 bits per heavy atom. The second kappa shape index (κ2) is 4.75. The topological polar surface area (TPSA) is 34.0 Å². The maximum Gasteiger partial charge on any atom is 0.217 e. The molecule has 1 amide bonds. The van der Waals surface area contributed by atoms with E-state index in [1.165, 1.54) is 17.8 Å². The third-order valence-electron chi connectivity index (χ3n) is 2.54. The SMILES string of the molecule is CC(=O)NCC#Cc1ccc2c(ccn2C)c1. The molecule has 0 spiro atoms. The first-order chi connectivity index (χ1) is 8.16. The average molecular weight is 226 g/mol. The van der Waals surface area contributed by atoms with Gasteiger partial charge >= 0.3 is 0 Å². The number of hydrogen-bond acceptors (Lipinski definition) is 1. The third-order valence-corrected chi connectivity index (χ3v) is 2.54. The van der Waals surface area contributed by atoms with Crippen molar-refractivity contribution in [2.75, 3.05) is 6.54 Å². The van der Waals surface area contributed by atoms with E-state index in [9.17, 15) is 4.79 Å². The van der Waals surface area contributed by atoms with Crippen LogP contribution in [0.5, 0.6) is 0 Å². The first-order valence-electron chi connectivity index (χ1n) is 5.45. The summed E-state index contributed by atoms with van der Waals surface area (Å²) in [5, 5.41) is 3.82. The van der Waals surface area contributed by atoms with Crippen LogP contribution in [-0.2, 0) is 11.8 Å². The highest BCUT2D eigenvalue weighted by molar-refractivity contribution is 5.81. The van der Waals surface area contributed by atoms with Crippen LogP contribution in [0.2, 0.25) is 0 Å². The second-order valence-electron chi connectivity index (χ2n) is 3.91. The van der Waals surface area contributed by atoms with Crippen molar-refractivity contribution >= 4 is 16.8 Å². The molecule has 0 aliphatic heterocycles. The Kier molecular flexibility index (Phi) is 3.15. The Bertz CT molecular complexity index is 614. The Hall–Kier alpha value is -2.21. The standard InChI is InChI=1S/C14H14N2O/c1-11(17)15-8-3-4-12-5-6-14-13(10-12)7-9-16(14)2/h5-7,9-10H,8H2,1-2H3,(H,15,17). The summed E-state index contributed by atoms with van der Waals surface area (Å²) in [5.41, 5.74) is 2.16. The van der Waals surface area contributed by atoms with Gasteiger partial charge in [-0.1, -0.05) is 11.8 Å². The average Bonchev–Trinajstić information content (AvgIpc) is 2.66. The van der Waals surface area contributed by atoms with Gasteiger partial charge in [0.15, 0.2) is 0 Å². The number of nitrogens with zero attached hydrogens (tertiary/aromatic N) is 1. The highest BCUT2D eigenvalue weighted by Gasteiger charge is 1.97. The summed E-state index contributed by atoms with van der Waals surface area (Å²) in [6, 6.07) is 8.16. The molecule has 0 radical (unpaired) electrons. The van der Waals surface area contributed by atoms with E-state index in [1.807, 2.05) is 19.3 Å². The van der Waals surface area contributed by atoms with Crippen LogP contribution in [0.1, 0.15) is 12.5 Å². The zero-order chi connectivity index (χ0) is 12.3. The van der Waals surface area contributed by atoms with E-state index in [4.69, 9.17) is 0 Å². The van der Waals surface area contributed by atoms with Crippen molar-refractivity contribution in [2.45, 2.75) is 6.92 Å². The van der Waals surface area contributed by atoms with Gasteiger partial charge in [0, 0.05) is 36.6 Å². The zero-order valence-electron chi connectivity index (χ0n) is 9.95. The number of nitrogens with one attached hydrogen (secondary N) is 1. The van der Waals surface area contributed by atoms with Crippen molar-refractivity contribution in [3.05, 3.63) is 36.0 Å². The van der Waals surface area contributed by atoms with Gasteiger partial charge in [-0.25, -0.2) is 0 Å². The molecule has 1 N–H and O–H groups in total. The number of carbonyl (C=O) groups excluding carboxylic acids is 1. The first-order valence-corrected chi connectivity index (χ1v) is 5.45. The number of amides is 1. The molecule has 2 aromatic rings. The smallest absolute Gasteiger partial charge is 0.217 e. The number of aromatic nitrogens is 1. The lowest BCUT2D eigenvalue weighted by Gasteiger charge is -1.96. The van der Waals surface area contributed by atoms with Crippen LogP contribution in [0.3, 0.4) is 0 Å². The molecule has 1 aromatic carbocycles. The summed E-state index contributed by atoms with van der Waals surface area (Å²) < 4.78 is 2.07. The minimum atomic E-state index is -0.0576. The van der Waals surface area contributed by atoms with Gasteiger partial charge in [-0.2, -0.15) is 0 Å². The molecule has 17 heavy (non-hydrogen) atoms. The lowest BCUT2D eigenvalue weighted by atomic mass is 10.1. The largest absolute Gasteiger partial charge is 0.351 e. The summed E-state index contributed by atoms with van der Waals surface area (Å²) in [6.07, 6.45) is 2.03. The third kappa shape index (κ3) is 2.67. The van der Waals surface area contributed by atoms with Crippen molar-refractivity contribution in [3.8, 4) is 11.8 Å². The fourth-order valence-electron chi connectivity index (χ4n) is 1.67.